The van der Waals surface area contributed by atoms with Crippen molar-refractivity contribution in [3.8, 4) is 0 Å². The van der Waals surface area contributed by atoms with Crippen LogP contribution in [-0.4, -0.2) is 26.2 Å². The average molecular weight is 229 g/mol. The molecule has 0 aliphatic heterocycles. The number of methoxy groups -OCH3 is 1. The number of unbranched alkanes of at least 4 members (excludes halogenated alkanes) is 2. The molecule has 0 aromatic carbocycles. The highest BCUT2D eigenvalue weighted by Crippen LogP contribution is 2.05. The fourth-order valence-electron chi connectivity index (χ4n) is 1.53. The van der Waals surface area contributed by atoms with Crippen molar-refractivity contribution < 1.29 is 9.53 Å². The zero-order chi connectivity index (χ0) is 12.2. The molecule has 1 amide bonds. The Hall–Kier alpha value is -0.570. The summed E-state index contributed by atoms with van der Waals surface area (Å²) >= 11 is 0. The van der Waals surface area contributed by atoms with Crippen LogP contribution >= 0.6 is 0 Å². The summed E-state index contributed by atoms with van der Waals surface area (Å²) in [6, 6.07) is 0. The average Bonchev–Trinajstić information content (AvgIpc) is 2.23. The van der Waals surface area contributed by atoms with Gasteiger partial charge in [0.05, 0.1) is 0 Å². The topological polar surface area (TPSA) is 38.3 Å². The minimum atomic E-state index is 0.181. The molecule has 0 spiro atoms. The minimum Gasteiger partial charge on any atom is -0.385 e. The van der Waals surface area contributed by atoms with Crippen molar-refractivity contribution in [3.05, 3.63) is 0 Å². The number of amides is 1. The SMILES string of the molecule is COCCCCC(=O)NCCCCC(C)C. The van der Waals surface area contributed by atoms with Gasteiger partial charge in [-0.3, -0.25) is 4.79 Å². The molecule has 0 saturated heterocycles. The predicted molar refractivity (Wildman–Crippen MR) is 67.4 cm³/mol. The molecule has 16 heavy (non-hydrogen) atoms. The van der Waals surface area contributed by atoms with Crippen LogP contribution in [-0.2, 0) is 9.53 Å². The smallest absolute Gasteiger partial charge is 0.219 e. The van der Waals surface area contributed by atoms with E-state index >= 15 is 0 Å². The fourth-order valence-corrected chi connectivity index (χ4v) is 1.53. The number of carbonyl (C=O) groups is 1. The van der Waals surface area contributed by atoms with Crippen LogP contribution in [0.15, 0.2) is 0 Å². The van der Waals surface area contributed by atoms with E-state index in [4.69, 9.17) is 4.74 Å². The first-order valence-electron chi connectivity index (χ1n) is 6.42. The second-order valence-electron chi connectivity index (χ2n) is 4.69. The normalized spacial score (nSPS) is 10.8. The van der Waals surface area contributed by atoms with Crippen molar-refractivity contribution in [2.24, 2.45) is 5.92 Å². The number of hydrogen-bond acceptors (Lipinski definition) is 2. The number of rotatable bonds is 10. The zero-order valence-electron chi connectivity index (χ0n) is 11.1. The third-order valence-corrected chi connectivity index (χ3v) is 2.53. The van der Waals surface area contributed by atoms with Crippen molar-refractivity contribution in [1.29, 1.82) is 0 Å². The van der Waals surface area contributed by atoms with Gasteiger partial charge in [-0.25, -0.2) is 0 Å². The Morgan fingerprint density at radius 2 is 1.94 bits per heavy atom. The molecule has 0 heterocycles. The fraction of sp³-hybridized carbons (Fsp3) is 0.923. The van der Waals surface area contributed by atoms with Gasteiger partial charge in [0, 0.05) is 26.7 Å². The highest BCUT2D eigenvalue weighted by atomic mass is 16.5. The molecule has 96 valence electrons. The Balaban J connectivity index is 3.17. The molecule has 0 aliphatic rings. The van der Waals surface area contributed by atoms with Crippen molar-refractivity contribution in [2.45, 2.75) is 52.4 Å². The second-order valence-corrected chi connectivity index (χ2v) is 4.69. The van der Waals surface area contributed by atoms with Gasteiger partial charge in [-0.2, -0.15) is 0 Å². The summed E-state index contributed by atoms with van der Waals surface area (Å²) in [6.45, 7) is 6.04. The highest BCUT2D eigenvalue weighted by molar-refractivity contribution is 5.75. The lowest BCUT2D eigenvalue weighted by molar-refractivity contribution is -0.121. The number of carbonyl (C=O) groups excluding carboxylic acids is 1. The Bertz CT molecular complexity index is 169. The monoisotopic (exact) mass is 229 g/mol. The van der Waals surface area contributed by atoms with Crippen molar-refractivity contribution in [3.63, 3.8) is 0 Å². The van der Waals surface area contributed by atoms with Gasteiger partial charge in [-0.15, -0.1) is 0 Å². The number of ether oxygens (including phenoxy) is 1. The largest absolute Gasteiger partial charge is 0.385 e. The quantitative estimate of drug-likeness (QED) is 0.585. The van der Waals surface area contributed by atoms with E-state index in [1.165, 1.54) is 12.8 Å². The molecule has 3 nitrogen and oxygen atoms in total. The molecule has 0 rings (SSSR count). The molecule has 3 heteroatoms. The molecule has 0 aromatic rings. The number of nitrogens with one attached hydrogen (secondary N) is 1. The molecule has 1 N–H and O–H groups in total. The molecule has 0 fully saturated rings. The molecule has 0 saturated carbocycles. The van der Waals surface area contributed by atoms with Crippen LogP contribution < -0.4 is 5.32 Å². The summed E-state index contributed by atoms with van der Waals surface area (Å²) in [4.78, 5) is 11.4. The first-order valence-corrected chi connectivity index (χ1v) is 6.42. The van der Waals surface area contributed by atoms with E-state index < -0.39 is 0 Å². The van der Waals surface area contributed by atoms with Crippen LogP contribution in [0.4, 0.5) is 0 Å². The summed E-state index contributed by atoms with van der Waals surface area (Å²) in [5.74, 6) is 0.949. The zero-order valence-corrected chi connectivity index (χ0v) is 11.1. The summed E-state index contributed by atoms with van der Waals surface area (Å²) < 4.78 is 4.93. The summed E-state index contributed by atoms with van der Waals surface area (Å²) in [5.41, 5.74) is 0. The van der Waals surface area contributed by atoms with E-state index in [0.29, 0.717) is 6.42 Å². The lowest BCUT2D eigenvalue weighted by Gasteiger charge is -2.06. The summed E-state index contributed by atoms with van der Waals surface area (Å²) in [6.07, 6.45) is 6.09. The van der Waals surface area contributed by atoms with E-state index in [0.717, 1.165) is 38.3 Å². The van der Waals surface area contributed by atoms with Crippen molar-refractivity contribution in [2.75, 3.05) is 20.3 Å². The Kier molecular flexibility index (Phi) is 10.5. The van der Waals surface area contributed by atoms with Crippen molar-refractivity contribution in [1.82, 2.24) is 5.32 Å². The number of hydrogen-bond donors (Lipinski definition) is 1. The van der Waals surface area contributed by atoms with Gasteiger partial charge in [0.2, 0.25) is 5.91 Å². The maximum Gasteiger partial charge on any atom is 0.219 e. The van der Waals surface area contributed by atoms with Gasteiger partial charge >= 0.3 is 0 Å². The third-order valence-electron chi connectivity index (χ3n) is 2.53. The summed E-state index contributed by atoms with van der Waals surface area (Å²) in [7, 11) is 1.69. The summed E-state index contributed by atoms with van der Waals surface area (Å²) in [5, 5.41) is 2.95. The van der Waals surface area contributed by atoms with Crippen LogP contribution in [0.3, 0.4) is 0 Å². The standard InChI is InChI=1S/C13H27NO2/c1-12(2)8-4-6-10-14-13(15)9-5-7-11-16-3/h12H,4-11H2,1-3H3,(H,14,15). The van der Waals surface area contributed by atoms with Gasteiger partial charge in [0.1, 0.15) is 0 Å². The Labute approximate surface area is 99.9 Å². The third kappa shape index (κ3) is 11.5. The van der Waals surface area contributed by atoms with Gasteiger partial charge in [0.25, 0.3) is 0 Å². The van der Waals surface area contributed by atoms with Crippen molar-refractivity contribution >= 4 is 5.91 Å². The maximum absolute atomic E-state index is 11.4. The van der Waals surface area contributed by atoms with Crippen LogP contribution in [0, 0.1) is 5.92 Å². The minimum absolute atomic E-state index is 0.181. The molecular formula is C13H27NO2. The van der Waals surface area contributed by atoms with E-state index in [1.807, 2.05) is 0 Å². The van der Waals surface area contributed by atoms with E-state index in [2.05, 4.69) is 19.2 Å². The van der Waals surface area contributed by atoms with Crippen LogP contribution in [0.1, 0.15) is 52.4 Å². The van der Waals surface area contributed by atoms with Gasteiger partial charge < -0.3 is 10.1 Å². The lowest BCUT2D eigenvalue weighted by atomic mass is 10.1. The molecule has 0 radical (unpaired) electrons. The van der Waals surface area contributed by atoms with Gasteiger partial charge in [-0.05, 0) is 25.2 Å². The molecule has 0 aliphatic carbocycles. The van der Waals surface area contributed by atoms with E-state index in [9.17, 15) is 4.79 Å². The molecule has 0 unspecified atom stereocenters. The Morgan fingerprint density at radius 1 is 1.19 bits per heavy atom. The predicted octanol–water partition coefficient (Wildman–Crippen LogP) is 2.75. The van der Waals surface area contributed by atoms with Crippen LogP contribution in [0.25, 0.3) is 0 Å². The first kappa shape index (κ1) is 15.4. The van der Waals surface area contributed by atoms with E-state index in [-0.39, 0.29) is 5.91 Å². The lowest BCUT2D eigenvalue weighted by Crippen LogP contribution is -2.24. The Morgan fingerprint density at radius 3 is 2.56 bits per heavy atom. The highest BCUT2D eigenvalue weighted by Gasteiger charge is 2.00. The maximum atomic E-state index is 11.4. The van der Waals surface area contributed by atoms with Gasteiger partial charge in [0.15, 0.2) is 0 Å². The van der Waals surface area contributed by atoms with Crippen LogP contribution in [0.5, 0.6) is 0 Å². The molecular weight excluding hydrogens is 202 g/mol. The van der Waals surface area contributed by atoms with Gasteiger partial charge in [-0.1, -0.05) is 26.7 Å². The molecule has 0 aromatic heterocycles. The van der Waals surface area contributed by atoms with E-state index in [1.54, 1.807) is 7.11 Å². The first-order chi connectivity index (χ1) is 7.66. The second kappa shape index (κ2) is 10.9. The molecule has 0 atom stereocenters. The van der Waals surface area contributed by atoms with Crippen LogP contribution in [0.2, 0.25) is 0 Å². The molecule has 0 bridgehead atoms.